The summed E-state index contributed by atoms with van der Waals surface area (Å²) in [5, 5.41) is 9.50. The van der Waals surface area contributed by atoms with Crippen LogP contribution in [-0.2, 0) is 4.79 Å². The number of rotatable bonds is 3. The van der Waals surface area contributed by atoms with E-state index in [1.807, 2.05) is 18.2 Å². The number of halogens is 1. The molecule has 18 heavy (non-hydrogen) atoms. The van der Waals surface area contributed by atoms with E-state index >= 15 is 0 Å². The molecule has 3 unspecified atom stereocenters. The molecule has 3 atom stereocenters. The van der Waals surface area contributed by atoms with Crippen molar-refractivity contribution in [3.63, 3.8) is 0 Å². The van der Waals surface area contributed by atoms with Gasteiger partial charge in [-0.05, 0) is 43.4 Å². The summed E-state index contributed by atoms with van der Waals surface area (Å²) >= 11 is 5.16. The summed E-state index contributed by atoms with van der Waals surface area (Å²) in [4.78, 5) is 12.5. The van der Waals surface area contributed by atoms with Crippen LogP contribution in [0.2, 0.25) is 0 Å². The standard InChI is InChI=1S/C14H17BrO2S/c1-9-5-6-12(14(16)17)13(7-9)18-11-4-2-3-10(15)8-11/h2-4,8-9,12-13H,5-7H2,1H3,(H,16,17). The number of benzene rings is 1. The molecule has 0 spiro atoms. The smallest absolute Gasteiger partial charge is 0.307 e. The van der Waals surface area contributed by atoms with E-state index in [4.69, 9.17) is 0 Å². The van der Waals surface area contributed by atoms with Crippen molar-refractivity contribution in [3.8, 4) is 0 Å². The van der Waals surface area contributed by atoms with Gasteiger partial charge < -0.3 is 5.11 Å². The minimum Gasteiger partial charge on any atom is -0.481 e. The first-order chi connectivity index (χ1) is 8.56. The molecule has 2 nitrogen and oxygen atoms in total. The van der Waals surface area contributed by atoms with Crippen LogP contribution < -0.4 is 0 Å². The highest BCUT2D eigenvalue weighted by Gasteiger charge is 2.34. The second-order valence-corrected chi connectivity index (χ2v) is 7.20. The van der Waals surface area contributed by atoms with Crippen LogP contribution in [0.5, 0.6) is 0 Å². The van der Waals surface area contributed by atoms with E-state index in [1.54, 1.807) is 11.8 Å². The Morgan fingerprint density at radius 2 is 2.22 bits per heavy atom. The molecule has 4 heteroatoms. The van der Waals surface area contributed by atoms with Gasteiger partial charge in [-0.2, -0.15) is 0 Å². The lowest BCUT2D eigenvalue weighted by Crippen LogP contribution is -2.32. The fraction of sp³-hybridized carbons (Fsp3) is 0.500. The number of carbonyl (C=O) groups is 1. The van der Waals surface area contributed by atoms with Crippen LogP contribution in [0.1, 0.15) is 26.2 Å². The number of hydrogen-bond acceptors (Lipinski definition) is 2. The van der Waals surface area contributed by atoms with Crippen molar-refractivity contribution >= 4 is 33.7 Å². The predicted octanol–water partition coefficient (Wildman–Crippen LogP) is 4.43. The third-order valence-corrected chi connectivity index (χ3v) is 5.30. The van der Waals surface area contributed by atoms with Crippen molar-refractivity contribution < 1.29 is 9.90 Å². The van der Waals surface area contributed by atoms with Crippen LogP contribution in [-0.4, -0.2) is 16.3 Å². The minimum absolute atomic E-state index is 0.195. The SMILES string of the molecule is CC1CCC(C(=O)O)C(Sc2cccc(Br)c2)C1. The first kappa shape index (κ1) is 13.9. The van der Waals surface area contributed by atoms with Gasteiger partial charge in [0.25, 0.3) is 0 Å². The lowest BCUT2D eigenvalue weighted by Gasteiger charge is -2.31. The maximum absolute atomic E-state index is 11.3. The third-order valence-electron chi connectivity index (χ3n) is 3.45. The molecular formula is C14H17BrO2S. The van der Waals surface area contributed by atoms with Crippen molar-refractivity contribution in [1.29, 1.82) is 0 Å². The summed E-state index contributed by atoms with van der Waals surface area (Å²) in [6, 6.07) is 8.09. The Morgan fingerprint density at radius 3 is 2.89 bits per heavy atom. The van der Waals surface area contributed by atoms with Gasteiger partial charge in [-0.1, -0.05) is 28.9 Å². The molecule has 0 bridgehead atoms. The highest BCUT2D eigenvalue weighted by Crippen LogP contribution is 2.40. The first-order valence-corrected chi connectivity index (χ1v) is 7.88. The van der Waals surface area contributed by atoms with Crippen molar-refractivity contribution in [2.45, 2.75) is 36.3 Å². The van der Waals surface area contributed by atoms with Crippen molar-refractivity contribution in [2.75, 3.05) is 0 Å². The Bertz CT molecular complexity index is 436. The number of carboxylic acids is 1. The zero-order valence-electron chi connectivity index (χ0n) is 10.3. The molecule has 0 heterocycles. The van der Waals surface area contributed by atoms with Crippen LogP contribution in [0, 0.1) is 11.8 Å². The number of aliphatic carboxylic acids is 1. The normalized spacial score (nSPS) is 28.0. The molecule has 1 aliphatic carbocycles. The predicted molar refractivity (Wildman–Crippen MR) is 77.9 cm³/mol. The second kappa shape index (κ2) is 6.11. The molecule has 1 N–H and O–H groups in total. The lowest BCUT2D eigenvalue weighted by molar-refractivity contribution is -0.142. The first-order valence-electron chi connectivity index (χ1n) is 6.21. The van der Waals surface area contributed by atoms with E-state index in [0.717, 1.165) is 28.6 Å². The van der Waals surface area contributed by atoms with Crippen LogP contribution >= 0.6 is 27.7 Å². The highest BCUT2D eigenvalue weighted by molar-refractivity contribution is 9.10. The average molecular weight is 329 g/mol. The Hall–Kier alpha value is -0.480. The third kappa shape index (κ3) is 3.51. The lowest BCUT2D eigenvalue weighted by atomic mass is 9.82. The fourth-order valence-electron chi connectivity index (χ4n) is 2.46. The number of carboxylic acid groups (broad SMARTS) is 1. The molecule has 1 aromatic carbocycles. The largest absolute Gasteiger partial charge is 0.481 e. The Morgan fingerprint density at radius 1 is 1.44 bits per heavy atom. The molecular weight excluding hydrogens is 312 g/mol. The van der Waals surface area contributed by atoms with Crippen LogP contribution in [0.15, 0.2) is 33.6 Å². The molecule has 0 radical (unpaired) electrons. The Kier molecular flexibility index (Phi) is 4.73. The quantitative estimate of drug-likeness (QED) is 0.891. The molecule has 1 saturated carbocycles. The molecule has 98 valence electrons. The van der Waals surface area contributed by atoms with E-state index in [1.165, 1.54) is 0 Å². The van der Waals surface area contributed by atoms with Gasteiger partial charge >= 0.3 is 5.97 Å². The molecule has 2 rings (SSSR count). The molecule has 1 aliphatic rings. The van der Waals surface area contributed by atoms with E-state index in [0.29, 0.717) is 5.92 Å². The van der Waals surface area contributed by atoms with Gasteiger partial charge in [0.1, 0.15) is 0 Å². The summed E-state index contributed by atoms with van der Waals surface area (Å²) in [5.41, 5.74) is 0. The number of hydrogen-bond donors (Lipinski definition) is 1. The minimum atomic E-state index is -0.644. The summed E-state index contributed by atoms with van der Waals surface area (Å²) < 4.78 is 1.04. The zero-order chi connectivity index (χ0) is 13.1. The van der Waals surface area contributed by atoms with Crippen LogP contribution in [0.3, 0.4) is 0 Å². The van der Waals surface area contributed by atoms with E-state index in [2.05, 4.69) is 28.9 Å². The maximum Gasteiger partial charge on any atom is 0.307 e. The Labute approximate surface area is 120 Å². The number of thioether (sulfide) groups is 1. The topological polar surface area (TPSA) is 37.3 Å². The molecule has 0 amide bonds. The molecule has 0 saturated heterocycles. The van der Waals surface area contributed by atoms with E-state index < -0.39 is 5.97 Å². The summed E-state index contributed by atoms with van der Waals surface area (Å²) in [7, 11) is 0. The molecule has 0 aliphatic heterocycles. The van der Waals surface area contributed by atoms with E-state index in [-0.39, 0.29) is 11.2 Å². The van der Waals surface area contributed by atoms with Crippen LogP contribution in [0.25, 0.3) is 0 Å². The highest BCUT2D eigenvalue weighted by atomic mass is 79.9. The van der Waals surface area contributed by atoms with Crippen molar-refractivity contribution in [3.05, 3.63) is 28.7 Å². The van der Waals surface area contributed by atoms with Gasteiger partial charge in [0.05, 0.1) is 5.92 Å². The van der Waals surface area contributed by atoms with Gasteiger partial charge in [0.15, 0.2) is 0 Å². The van der Waals surface area contributed by atoms with Crippen LogP contribution in [0.4, 0.5) is 0 Å². The van der Waals surface area contributed by atoms with Gasteiger partial charge in [0.2, 0.25) is 0 Å². The van der Waals surface area contributed by atoms with E-state index in [9.17, 15) is 9.90 Å². The molecule has 1 fully saturated rings. The average Bonchev–Trinajstić information content (AvgIpc) is 2.28. The molecule has 0 aromatic heterocycles. The van der Waals surface area contributed by atoms with Crippen molar-refractivity contribution in [1.82, 2.24) is 0 Å². The van der Waals surface area contributed by atoms with Gasteiger partial charge in [-0.3, -0.25) is 4.79 Å². The monoisotopic (exact) mass is 328 g/mol. The van der Waals surface area contributed by atoms with Gasteiger partial charge in [-0.15, -0.1) is 11.8 Å². The van der Waals surface area contributed by atoms with Crippen molar-refractivity contribution in [2.24, 2.45) is 11.8 Å². The summed E-state index contributed by atoms with van der Waals surface area (Å²) in [5.74, 6) is -0.218. The fourth-order valence-corrected chi connectivity index (χ4v) is 4.55. The summed E-state index contributed by atoms with van der Waals surface area (Å²) in [6.45, 7) is 2.21. The Balaban J connectivity index is 2.11. The van der Waals surface area contributed by atoms with Gasteiger partial charge in [-0.25, -0.2) is 0 Å². The second-order valence-electron chi connectivity index (χ2n) is 4.98. The van der Waals surface area contributed by atoms with Gasteiger partial charge in [0, 0.05) is 14.6 Å². The maximum atomic E-state index is 11.3. The summed E-state index contributed by atoms with van der Waals surface area (Å²) in [6.07, 6.45) is 2.84. The molecule has 1 aromatic rings. The zero-order valence-corrected chi connectivity index (χ0v) is 12.7.